The average molecular weight is 355 g/mol. The van der Waals surface area contributed by atoms with Crippen molar-refractivity contribution in [3.8, 4) is 0 Å². The van der Waals surface area contributed by atoms with E-state index in [-0.39, 0.29) is 27.6 Å². The van der Waals surface area contributed by atoms with E-state index in [0.29, 0.717) is 17.2 Å². The molecule has 0 N–H and O–H groups in total. The molecule has 1 aromatic carbocycles. The minimum atomic E-state index is -4.56. The fourth-order valence-corrected chi connectivity index (χ4v) is 4.01. The van der Waals surface area contributed by atoms with Crippen molar-refractivity contribution in [1.29, 1.82) is 0 Å². The summed E-state index contributed by atoms with van der Waals surface area (Å²) >= 11 is 13.4. The van der Waals surface area contributed by atoms with Crippen molar-refractivity contribution in [2.75, 3.05) is 16.5 Å². The predicted molar refractivity (Wildman–Crippen MR) is 77.2 cm³/mol. The topological polar surface area (TPSA) is 32.7 Å². The number of carbonyl (C=O) groups excluding carboxylic acids is 1. The van der Waals surface area contributed by atoms with Crippen molar-refractivity contribution in [3.05, 3.63) is 27.7 Å². The standard InChI is InChI=1S/C12H7Cl2F3N2OS/c13-7-1-5(12(15,16)17)2-8(14)10(7)19-11(20)6-3-21-4-9(6)18-19/h1-2,6H,3-4H2. The van der Waals surface area contributed by atoms with Crippen LogP contribution in [0, 0.1) is 5.92 Å². The van der Waals surface area contributed by atoms with Gasteiger partial charge in [0.1, 0.15) is 5.69 Å². The Kier molecular flexibility index (Phi) is 3.62. The van der Waals surface area contributed by atoms with Gasteiger partial charge >= 0.3 is 6.18 Å². The molecule has 9 heteroatoms. The van der Waals surface area contributed by atoms with Crippen LogP contribution >= 0.6 is 35.0 Å². The summed E-state index contributed by atoms with van der Waals surface area (Å²) in [6, 6.07) is 1.50. The van der Waals surface area contributed by atoms with Gasteiger partial charge in [0.15, 0.2) is 0 Å². The van der Waals surface area contributed by atoms with Crippen molar-refractivity contribution in [2.24, 2.45) is 11.0 Å². The molecule has 0 saturated carbocycles. The number of hydrogen-bond donors (Lipinski definition) is 0. The highest BCUT2D eigenvalue weighted by Crippen LogP contribution is 2.43. The van der Waals surface area contributed by atoms with Crippen LogP contribution in [0.25, 0.3) is 0 Å². The fraction of sp³-hybridized carbons (Fsp3) is 0.333. The molecule has 21 heavy (non-hydrogen) atoms. The molecule has 1 atom stereocenters. The van der Waals surface area contributed by atoms with E-state index >= 15 is 0 Å². The van der Waals surface area contributed by atoms with E-state index in [9.17, 15) is 18.0 Å². The Bertz CT molecular complexity index is 639. The Morgan fingerprint density at radius 3 is 2.43 bits per heavy atom. The predicted octanol–water partition coefficient (Wildman–Crippen LogP) is 4.08. The SMILES string of the molecule is O=C1C2CSCC2=NN1c1c(Cl)cc(C(F)(F)F)cc1Cl. The largest absolute Gasteiger partial charge is 0.416 e. The molecule has 0 spiro atoms. The Balaban J connectivity index is 2.04. The maximum Gasteiger partial charge on any atom is 0.416 e. The molecule has 112 valence electrons. The number of benzene rings is 1. The highest BCUT2D eigenvalue weighted by molar-refractivity contribution is 8.00. The maximum absolute atomic E-state index is 12.7. The molecule has 0 radical (unpaired) electrons. The number of hydrazone groups is 1. The highest BCUT2D eigenvalue weighted by Gasteiger charge is 2.42. The van der Waals surface area contributed by atoms with Gasteiger partial charge in [-0.25, -0.2) is 0 Å². The highest BCUT2D eigenvalue weighted by atomic mass is 35.5. The van der Waals surface area contributed by atoms with Crippen LogP contribution < -0.4 is 5.01 Å². The Morgan fingerprint density at radius 1 is 1.29 bits per heavy atom. The Morgan fingerprint density at radius 2 is 1.90 bits per heavy atom. The van der Waals surface area contributed by atoms with Crippen LogP contribution in [-0.2, 0) is 11.0 Å². The summed E-state index contributed by atoms with van der Waals surface area (Å²) < 4.78 is 38.1. The molecule has 2 aliphatic heterocycles. The summed E-state index contributed by atoms with van der Waals surface area (Å²) in [7, 11) is 0. The quantitative estimate of drug-likeness (QED) is 0.761. The minimum absolute atomic E-state index is 0.00299. The number of alkyl halides is 3. The van der Waals surface area contributed by atoms with Crippen molar-refractivity contribution in [2.45, 2.75) is 6.18 Å². The molecule has 0 aromatic heterocycles. The summed E-state index contributed by atoms with van der Waals surface area (Å²) in [6.45, 7) is 0. The Hall–Kier alpha value is -0.920. The lowest BCUT2D eigenvalue weighted by Crippen LogP contribution is -2.27. The van der Waals surface area contributed by atoms with E-state index in [0.717, 1.165) is 17.1 Å². The zero-order chi connectivity index (χ0) is 15.4. The first kappa shape index (κ1) is 15.0. The number of anilines is 1. The van der Waals surface area contributed by atoms with Gasteiger partial charge in [-0.2, -0.15) is 35.0 Å². The molecule has 0 aliphatic carbocycles. The van der Waals surface area contributed by atoms with Gasteiger partial charge in [-0.15, -0.1) is 0 Å². The molecule has 2 heterocycles. The van der Waals surface area contributed by atoms with Gasteiger partial charge in [0.2, 0.25) is 0 Å². The van der Waals surface area contributed by atoms with Crippen LogP contribution in [0.2, 0.25) is 10.0 Å². The molecular formula is C12H7Cl2F3N2OS. The van der Waals surface area contributed by atoms with Gasteiger partial charge in [0, 0.05) is 11.5 Å². The second kappa shape index (κ2) is 5.07. The number of fused-ring (bicyclic) bond motifs is 1. The molecule has 1 saturated heterocycles. The number of amides is 1. The summed E-state index contributed by atoms with van der Waals surface area (Å²) in [6.07, 6.45) is -4.56. The molecular weight excluding hydrogens is 348 g/mol. The lowest BCUT2D eigenvalue weighted by Gasteiger charge is -2.18. The van der Waals surface area contributed by atoms with Crippen molar-refractivity contribution < 1.29 is 18.0 Å². The third-order valence-corrected chi connectivity index (χ3v) is 4.87. The van der Waals surface area contributed by atoms with Gasteiger partial charge in [0.25, 0.3) is 5.91 Å². The Labute approximate surface area is 132 Å². The van der Waals surface area contributed by atoms with Crippen LogP contribution in [0.1, 0.15) is 5.56 Å². The van der Waals surface area contributed by atoms with E-state index in [2.05, 4.69) is 5.10 Å². The number of hydrogen-bond acceptors (Lipinski definition) is 3. The van der Waals surface area contributed by atoms with E-state index in [1.165, 1.54) is 0 Å². The summed E-state index contributed by atoms with van der Waals surface area (Å²) in [5.74, 6) is 0.607. The van der Waals surface area contributed by atoms with E-state index in [1.807, 2.05) is 0 Å². The molecule has 1 aromatic rings. The van der Waals surface area contributed by atoms with E-state index in [4.69, 9.17) is 23.2 Å². The van der Waals surface area contributed by atoms with Crippen LogP contribution in [0.3, 0.4) is 0 Å². The summed E-state index contributed by atoms with van der Waals surface area (Å²) in [4.78, 5) is 12.2. The number of halogens is 5. The zero-order valence-electron chi connectivity index (χ0n) is 10.2. The smallest absolute Gasteiger partial charge is 0.272 e. The number of rotatable bonds is 1. The first-order valence-electron chi connectivity index (χ1n) is 5.84. The first-order chi connectivity index (χ1) is 9.79. The van der Waals surface area contributed by atoms with Crippen LogP contribution in [0.4, 0.5) is 18.9 Å². The van der Waals surface area contributed by atoms with Gasteiger partial charge < -0.3 is 0 Å². The van der Waals surface area contributed by atoms with E-state index < -0.39 is 11.7 Å². The third kappa shape index (κ3) is 2.51. The van der Waals surface area contributed by atoms with Crippen molar-refractivity contribution >= 4 is 52.3 Å². The monoisotopic (exact) mass is 354 g/mol. The second-order valence-corrected chi connectivity index (χ2v) is 6.44. The summed E-state index contributed by atoms with van der Waals surface area (Å²) in [5, 5.41) is 4.66. The molecule has 3 nitrogen and oxygen atoms in total. The molecule has 1 fully saturated rings. The average Bonchev–Trinajstić information content (AvgIpc) is 2.92. The fourth-order valence-electron chi connectivity index (χ4n) is 2.21. The molecule has 2 aliphatic rings. The van der Waals surface area contributed by atoms with E-state index in [1.54, 1.807) is 11.8 Å². The summed E-state index contributed by atoms with van der Waals surface area (Å²) in [5.41, 5.74) is -0.253. The molecule has 3 rings (SSSR count). The molecule has 0 bridgehead atoms. The minimum Gasteiger partial charge on any atom is -0.272 e. The van der Waals surface area contributed by atoms with Gasteiger partial charge in [0.05, 0.1) is 27.2 Å². The van der Waals surface area contributed by atoms with Crippen LogP contribution in [0.15, 0.2) is 17.2 Å². The molecule has 1 amide bonds. The third-order valence-electron chi connectivity index (χ3n) is 3.23. The number of nitrogens with zero attached hydrogens (tertiary/aromatic N) is 2. The lowest BCUT2D eigenvalue weighted by atomic mass is 10.1. The zero-order valence-corrected chi connectivity index (χ0v) is 12.6. The van der Waals surface area contributed by atoms with Gasteiger partial charge in [-0.3, -0.25) is 4.79 Å². The maximum atomic E-state index is 12.7. The van der Waals surface area contributed by atoms with Gasteiger partial charge in [-0.05, 0) is 12.1 Å². The van der Waals surface area contributed by atoms with Crippen LogP contribution in [-0.4, -0.2) is 23.1 Å². The van der Waals surface area contributed by atoms with Crippen LogP contribution in [0.5, 0.6) is 0 Å². The first-order valence-corrected chi connectivity index (χ1v) is 7.75. The lowest BCUT2D eigenvalue weighted by molar-refractivity contribution is -0.137. The van der Waals surface area contributed by atoms with Gasteiger partial charge in [-0.1, -0.05) is 23.2 Å². The number of carbonyl (C=O) groups is 1. The molecule has 1 unspecified atom stereocenters. The second-order valence-electron chi connectivity index (χ2n) is 4.60. The van der Waals surface area contributed by atoms with Crippen molar-refractivity contribution in [1.82, 2.24) is 0 Å². The normalized spacial score (nSPS) is 21.8. The number of thioether (sulfide) groups is 1. The van der Waals surface area contributed by atoms with Crippen molar-refractivity contribution in [3.63, 3.8) is 0 Å².